The summed E-state index contributed by atoms with van der Waals surface area (Å²) in [6.45, 7) is 2.09. The van der Waals surface area contributed by atoms with Gasteiger partial charge in [-0.15, -0.1) is 0 Å². The SMILES string of the molecule is CCOC(=O)C(N)CSCc1ccc(F)cc1. The molecule has 0 heterocycles. The van der Waals surface area contributed by atoms with Gasteiger partial charge < -0.3 is 10.5 Å². The standard InChI is InChI=1S/C12H16FNO2S/c1-2-16-12(15)11(14)8-17-7-9-3-5-10(13)6-4-9/h3-6,11H,2,7-8,14H2,1H3. The number of thioether (sulfide) groups is 1. The minimum atomic E-state index is -0.597. The summed E-state index contributed by atoms with van der Waals surface area (Å²) in [6, 6.07) is 5.68. The highest BCUT2D eigenvalue weighted by Crippen LogP contribution is 2.13. The molecule has 17 heavy (non-hydrogen) atoms. The third-order valence-electron chi connectivity index (χ3n) is 2.07. The van der Waals surface area contributed by atoms with Gasteiger partial charge in [-0.25, -0.2) is 4.39 Å². The van der Waals surface area contributed by atoms with Gasteiger partial charge in [-0.2, -0.15) is 11.8 Å². The largest absolute Gasteiger partial charge is 0.465 e. The van der Waals surface area contributed by atoms with Gasteiger partial charge in [0.2, 0.25) is 0 Å². The third-order valence-corrected chi connectivity index (χ3v) is 3.20. The summed E-state index contributed by atoms with van der Waals surface area (Å²) in [7, 11) is 0. The van der Waals surface area contributed by atoms with Crippen LogP contribution in [0.15, 0.2) is 24.3 Å². The average Bonchev–Trinajstić information content (AvgIpc) is 2.32. The molecule has 1 rings (SSSR count). The van der Waals surface area contributed by atoms with Crippen molar-refractivity contribution < 1.29 is 13.9 Å². The van der Waals surface area contributed by atoms with Crippen LogP contribution in [0.25, 0.3) is 0 Å². The van der Waals surface area contributed by atoms with E-state index in [1.165, 1.54) is 23.9 Å². The fourth-order valence-electron chi connectivity index (χ4n) is 1.20. The van der Waals surface area contributed by atoms with Crippen molar-refractivity contribution in [2.24, 2.45) is 5.73 Å². The van der Waals surface area contributed by atoms with E-state index < -0.39 is 6.04 Å². The number of benzene rings is 1. The van der Waals surface area contributed by atoms with Crippen LogP contribution in [0, 0.1) is 5.82 Å². The molecule has 0 saturated heterocycles. The number of ether oxygens (including phenoxy) is 1. The molecule has 0 fully saturated rings. The molecule has 0 aromatic heterocycles. The summed E-state index contributed by atoms with van der Waals surface area (Å²) in [5.41, 5.74) is 6.64. The Labute approximate surface area is 105 Å². The Bertz CT molecular complexity index is 356. The van der Waals surface area contributed by atoms with Gasteiger partial charge in [0.1, 0.15) is 11.9 Å². The first-order valence-corrected chi connectivity index (χ1v) is 6.53. The predicted molar refractivity (Wildman–Crippen MR) is 67.2 cm³/mol. The minimum Gasteiger partial charge on any atom is -0.465 e. The van der Waals surface area contributed by atoms with Crippen LogP contribution < -0.4 is 5.73 Å². The second-order valence-corrected chi connectivity index (χ2v) is 4.53. The summed E-state index contributed by atoms with van der Waals surface area (Å²) in [4.78, 5) is 11.2. The molecule has 1 atom stereocenters. The number of esters is 1. The van der Waals surface area contributed by atoms with E-state index in [4.69, 9.17) is 10.5 Å². The van der Waals surface area contributed by atoms with Crippen molar-refractivity contribution in [1.82, 2.24) is 0 Å². The zero-order chi connectivity index (χ0) is 12.7. The molecular formula is C12H16FNO2S. The molecule has 5 heteroatoms. The van der Waals surface area contributed by atoms with Crippen molar-refractivity contribution in [3.05, 3.63) is 35.6 Å². The number of hydrogen-bond donors (Lipinski definition) is 1. The number of carbonyl (C=O) groups excluding carboxylic acids is 1. The van der Waals surface area contributed by atoms with Gasteiger partial charge in [-0.3, -0.25) is 4.79 Å². The summed E-state index contributed by atoms with van der Waals surface area (Å²) >= 11 is 1.53. The molecule has 0 aliphatic rings. The predicted octanol–water partition coefficient (Wildman–Crippen LogP) is 1.95. The molecule has 0 aliphatic heterocycles. The van der Waals surface area contributed by atoms with Crippen molar-refractivity contribution >= 4 is 17.7 Å². The lowest BCUT2D eigenvalue weighted by molar-refractivity contribution is -0.144. The zero-order valence-electron chi connectivity index (χ0n) is 9.69. The molecule has 2 N–H and O–H groups in total. The topological polar surface area (TPSA) is 52.3 Å². The fraction of sp³-hybridized carbons (Fsp3) is 0.417. The van der Waals surface area contributed by atoms with Crippen LogP contribution in [0.5, 0.6) is 0 Å². The van der Waals surface area contributed by atoms with Crippen molar-refractivity contribution in [1.29, 1.82) is 0 Å². The maximum Gasteiger partial charge on any atom is 0.323 e. The van der Waals surface area contributed by atoms with Gasteiger partial charge in [0, 0.05) is 11.5 Å². The Morgan fingerprint density at radius 2 is 2.12 bits per heavy atom. The van der Waals surface area contributed by atoms with Crippen LogP contribution in [0.1, 0.15) is 12.5 Å². The second-order valence-electron chi connectivity index (χ2n) is 3.50. The van der Waals surface area contributed by atoms with Gasteiger partial charge >= 0.3 is 5.97 Å². The molecular weight excluding hydrogens is 241 g/mol. The molecule has 94 valence electrons. The summed E-state index contributed by atoms with van der Waals surface area (Å²) < 4.78 is 17.4. The van der Waals surface area contributed by atoms with E-state index in [2.05, 4.69) is 0 Å². The first-order chi connectivity index (χ1) is 8.13. The van der Waals surface area contributed by atoms with Crippen LogP contribution in [-0.2, 0) is 15.3 Å². The van der Waals surface area contributed by atoms with Crippen LogP contribution in [0.4, 0.5) is 4.39 Å². The van der Waals surface area contributed by atoms with Gasteiger partial charge in [-0.05, 0) is 24.6 Å². The Morgan fingerprint density at radius 1 is 1.47 bits per heavy atom. The van der Waals surface area contributed by atoms with Crippen molar-refractivity contribution in [2.75, 3.05) is 12.4 Å². The smallest absolute Gasteiger partial charge is 0.323 e. The van der Waals surface area contributed by atoms with Gasteiger partial charge in [0.15, 0.2) is 0 Å². The maximum atomic E-state index is 12.6. The molecule has 1 unspecified atom stereocenters. The number of carbonyl (C=O) groups is 1. The van der Waals surface area contributed by atoms with Crippen molar-refractivity contribution in [3.63, 3.8) is 0 Å². The highest BCUT2D eigenvalue weighted by molar-refractivity contribution is 7.98. The van der Waals surface area contributed by atoms with Crippen LogP contribution in [-0.4, -0.2) is 24.4 Å². The molecule has 1 aromatic rings. The Kier molecular flexibility index (Phi) is 6.00. The first-order valence-electron chi connectivity index (χ1n) is 5.38. The van der Waals surface area contributed by atoms with Gasteiger partial charge in [0.25, 0.3) is 0 Å². The van der Waals surface area contributed by atoms with E-state index in [0.717, 1.165) is 5.56 Å². The monoisotopic (exact) mass is 257 g/mol. The quantitative estimate of drug-likeness (QED) is 0.791. The Hall–Kier alpha value is -1.07. The molecule has 0 amide bonds. The maximum absolute atomic E-state index is 12.6. The van der Waals surface area contributed by atoms with E-state index in [1.807, 2.05) is 0 Å². The fourth-order valence-corrected chi connectivity index (χ4v) is 2.14. The number of nitrogens with two attached hydrogens (primary N) is 1. The molecule has 0 aliphatic carbocycles. The first kappa shape index (κ1) is 14.0. The summed E-state index contributed by atoms with van der Waals surface area (Å²) in [5.74, 6) is 0.574. The molecule has 0 saturated carbocycles. The van der Waals surface area contributed by atoms with Crippen LogP contribution in [0.2, 0.25) is 0 Å². The normalized spacial score (nSPS) is 12.2. The summed E-state index contributed by atoms with van der Waals surface area (Å²) in [5, 5.41) is 0. The Balaban J connectivity index is 2.27. The van der Waals surface area contributed by atoms with E-state index in [1.54, 1.807) is 19.1 Å². The third kappa shape index (κ3) is 5.19. The van der Waals surface area contributed by atoms with Crippen LogP contribution >= 0.6 is 11.8 Å². The Morgan fingerprint density at radius 3 is 2.71 bits per heavy atom. The molecule has 3 nitrogen and oxygen atoms in total. The zero-order valence-corrected chi connectivity index (χ0v) is 10.5. The summed E-state index contributed by atoms with van der Waals surface area (Å²) in [6.07, 6.45) is 0. The molecule has 0 spiro atoms. The van der Waals surface area contributed by atoms with Crippen molar-refractivity contribution in [3.8, 4) is 0 Å². The lowest BCUT2D eigenvalue weighted by Crippen LogP contribution is -2.34. The van der Waals surface area contributed by atoms with E-state index >= 15 is 0 Å². The lowest BCUT2D eigenvalue weighted by Gasteiger charge is -2.09. The highest BCUT2D eigenvalue weighted by atomic mass is 32.2. The van der Waals surface area contributed by atoms with E-state index in [9.17, 15) is 9.18 Å². The second kappa shape index (κ2) is 7.29. The van der Waals surface area contributed by atoms with E-state index in [0.29, 0.717) is 18.1 Å². The lowest BCUT2D eigenvalue weighted by atomic mass is 10.2. The molecule has 0 bridgehead atoms. The van der Waals surface area contributed by atoms with Gasteiger partial charge in [-0.1, -0.05) is 12.1 Å². The molecule has 1 aromatic carbocycles. The molecule has 0 radical (unpaired) electrons. The van der Waals surface area contributed by atoms with Crippen molar-refractivity contribution in [2.45, 2.75) is 18.7 Å². The van der Waals surface area contributed by atoms with Gasteiger partial charge in [0.05, 0.1) is 6.61 Å². The minimum absolute atomic E-state index is 0.248. The average molecular weight is 257 g/mol. The van der Waals surface area contributed by atoms with Crippen LogP contribution in [0.3, 0.4) is 0 Å². The van der Waals surface area contributed by atoms with E-state index in [-0.39, 0.29) is 11.8 Å². The number of hydrogen-bond acceptors (Lipinski definition) is 4. The number of rotatable bonds is 6. The number of halogens is 1. The highest BCUT2D eigenvalue weighted by Gasteiger charge is 2.13.